The first-order valence-electron chi connectivity index (χ1n) is 5.64. The third-order valence-corrected chi connectivity index (χ3v) is 6.40. The summed E-state index contributed by atoms with van der Waals surface area (Å²) in [5, 5.41) is 0. The minimum Gasteiger partial charge on any atom is -0.467 e. The van der Waals surface area contributed by atoms with Crippen molar-refractivity contribution in [3.63, 3.8) is 0 Å². The van der Waals surface area contributed by atoms with Crippen LogP contribution in [-0.2, 0) is 14.3 Å². The van der Waals surface area contributed by atoms with Gasteiger partial charge in [-0.1, -0.05) is 59.0 Å². The van der Waals surface area contributed by atoms with Crippen molar-refractivity contribution in [2.75, 3.05) is 22.1 Å². The Hall–Kier alpha value is 0.890. The molecule has 0 saturated heterocycles. The van der Waals surface area contributed by atoms with Crippen LogP contribution in [0.1, 0.15) is 27.7 Å². The van der Waals surface area contributed by atoms with E-state index in [1.54, 1.807) is 0 Å². The van der Waals surface area contributed by atoms with Crippen molar-refractivity contribution in [2.24, 2.45) is 11.3 Å². The lowest BCUT2D eigenvalue weighted by Crippen LogP contribution is -2.41. The number of hydrogen-bond donors (Lipinski definition) is 0. The van der Waals surface area contributed by atoms with Gasteiger partial charge in [0.25, 0.3) is 6.47 Å². The SMILES string of the molecule is CC(C)C(C)(C)OCC(CI)(CI)COC=O. The number of carbonyl (C=O) groups is 1. The Morgan fingerprint density at radius 3 is 2.06 bits per heavy atom. The van der Waals surface area contributed by atoms with E-state index in [-0.39, 0.29) is 11.0 Å². The molecule has 0 N–H and O–H groups in total. The second-order valence-corrected chi connectivity index (χ2v) is 6.75. The second kappa shape index (κ2) is 8.14. The van der Waals surface area contributed by atoms with E-state index in [4.69, 9.17) is 9.47 Å². The van der Waals surface area contributed by atoms with Crippen LogP contribution in [-0.4, -0.2) is 34.1 Å². The Morgan fingerprint density at radius 2 is 1.71 bits per heavy atom. The van der Waals surface area contributed by atoms with E-state index in [0.717, 1.165) is 8.86 Å². The van der Waals surface area contributed by atoms with E-state index in [1.807, 2.05) is 0 Å². The second-order valence-electron chi connectivity index (χ2n) is 5.22. The van der Waals surface area contributed by atoms with Crippen molar-refractivity contribution < 1.29 is 14.3 Å². The summed E-state index contributed by atoms with van der Waals surface area (Å²) >= 11 is 4.66. The van der Waals surface area contributed by atoms with Gasteiger partial charge in [-0.3, -0.25) is 4.79 Å². The third-order valence-electron chi connectivity index (χ3n) is 3.17. The standard InChI is InChI=1S/C12H22I2O3/c1-10(2)11(3,4)17-8-12(5-13,6-14)7-16-9-15/h9-10H,5-8H2,1-4H3. The molecule has 0 aliphatic heterocycles. The Bertz CT molecular complexity index is 226. The maximum absolute atomic E-state index is 10.3. The Balaban J connectivity index is 4.49. The van der Waals surface area contributed by atoms with Gasteiger partial charge >= 0.3 is 0 Å². The number of halogens is 2. The molecule has 0 heterocycles. The summed E-state index contributed by atoms with van der Waals surface area (Å²) in [4.78, 5) is 10.3. The first kappa shape index (κ1) is 17.9. The first-order chi connectivity index (χ1) is 7.83. The van der Waals surface area contributed by atoms with E-state index >= 15 is 0 Å². The van der Waals surface area contributed by atoms with Gasteiger partial charge in [-0.25, -0.2) is 0 Å². The van der Waals surface area contributed by atoms with Crippen LogP contribution >= 0.6 is 45.2 Å². The van der Waals surface area contributed by atoms with Crippen molar-refractivity contribution in [3.05, 3.63) is 0 Å². The van der Waals surface area contributed by atoms with Gasteiger partial charge in [0.05, 0.1) is 12.2 Å². The minimum atomic E-state index is -0.149. The number of carbonyl (C=O) groups excluding carboxylic acids is 1. The van der Waals surface area contributed by atoms with Crippen LogP contribution in [0.2, 0.25) is 0 Å². The molecule has 3 nitrogen and oxygen atoms in total. The molecular weight excluding hydrogens is 446 g/mol. The van der Waals surface area contributed by atoms with Crippen molar-refractivity contribution >= 4 is 51.7 Å². The first-order valence-corrected chi connectivity index (χ1v) is 8.70. The van der Waals surface area contributed by atoms with Crippen LogP contribution in [0.5, 0.6) is 0 Å². The molecule has 17 heavy (non-hydrogen) atoms. The smallest absolute Gasteiger partial charge is 0.293 e. The number of alkyl halides is 2. The Morgan fingerprint density at radius 1 is 1.18 bits per heavy atom. The highest BCUT2D eigenvalue weighted by molar-refractivity contribution is 14.1. The normalized spacial score (nSPS) is 12.9. The van der Waals surface area contributed by atoms with Crippen LogP contribution in [0.15, 0.2) is 0 Å². The summed E-state index contributed by atoms with van der Waals surface area (Å²) in [6, 6.07) is 0. The fourth-order valence-electron chi connectivity index (χ4n) is 0.948. The summed E-state index contributed by atoms with van der Waals surface area (Å²) in [5.74, 6) is 0.454. The van der Waals surface area contributed by atoms with Gasteiger partial charge in [-0.15, -0.1) is 0 Å². The number of rotatable bonds is 9. The zero-order valence-electron chi connectivity index (χ0n) is 11.0. The third kappa shape index (κ3) is 6.04. The van der Waals surface area contributed by atoms with Crippen LogP contribution in [0.3, 0.4) is 0 Å². The molecule has 0 aromatic rings. The lowest BCUT2D eigenvalue weighted by Gasteiger charge is -2.36. The highest BCUT2D eigenvalue weighted by Crippen LogP contribution is 2.29. The van der Waals surface area contributed by atoms with Gasteiger partial charge in [-0.2, -0.15) is 0 Å². The molecular formula is C12H22I2O3. The predicted octanol–water partition coefficient (Wildman–Crippen LogP) is 3.47. The van der Waals surface area contributed by atoms with Crippen LogP contribution in [0, 0.1) is 11.3 Å². The van der Waals surface area contributed by atoms with Gasteiger partial charge < -0.3 is 9.47 Å². The average molecular weight is 468 g/mol. The van der Waals surface area contributed by atoms with Crippen molar-refractivity contribution in [1.82, 2.24) is 0 Å². The lowest BCUT2D eigenvalue weighted by atomic mass is 9.92. The van der Waals surface area contributed by atoms with Crippen molar-refractivity contribution in [1.29, 1.82) is 0 Å². The van der Waals surface area contributed by atoms with Gasteiger partial charge in [0.2, 0.25) is 0 Å². The fourth-order valence-corrected chi connectivity index (χ4v) is 3.40. The number of ether oxygens (including phenoxy) is 2. The molecule has 5 heteroatoms. The molecule has 0 saturated carbocycles. The maximum Gasteiger partial charge on any atom is 0.293 e. The largest absolute Gasteiger partial charge is 0.467 e. The molecule has 0 aliphatic rings. The summed E-state index contributed by atoms with van der Waals surface area (Å²) in [6.07, 6.45) is 0. The Labute approximate surface area is 132 Å². The molecule has 0 amide bonds. The number of hydrogen-bond acceptors (Lipinski definition) is 3. The molecule has 0 aromatic carbocycles. The van der Waals surface area contributed by atoms with E-state index in [1.165, 1.54) is 0 Å². The topological polar surface area (TPSA) is 35.5 Å². The molecule has 0 rings (SSSR count). The summed E-state index contributed by atoms with van der Waals surface area (Å²) < 4.78 is 12.8. The molecule has 0 radical (unpaired) electrons. The van der Waals surface area contributed by atoms with Crippen LogP contribution in [0.25, 0.3) is 0 Å². The molecule has 0 spiro atoms. The molecule has 0 fully saturated rings. The van der Waals surface area contributed by atoms with Gasteiger partial charge in [0.1, 0.15) is 6.61 Å². The van der Waals surface area contributed by atoms with E-state index < -0.39 is 0 Å². The zero-order valence-corrected chi connectivity index (χ0v) is 15.3. The predicted molar refractivity (Wildman–Crippen MR) is 87.1 cm³/mol. The van der Waals surface area contributed by atoms with Gasteiger partial charge in [0.15, 0.2) is 0 Å². The summed E-state index contributed by atoms with van der Waals surface area (Å²) in [7, 11) is 0. The highest BCUT2D eigenvalue weighted by atomic mass is 127. The zero-order chi connectivity index (χ0) is 13.5. The molecule has 0 unspecified atom stereocenters. The minimum absolute atomic E-state index is 0.0752. The highest BCUT2D eigenvalue weighted by Gasteiger charge is 2.33. The fraction of sp³-hybridized carbons (Fsp3) is 0.917. The Kier molecular flexibility index (Phi) is 8.57. The molecule has 0 aromatic heterocycles. The van der Waals surface area contributed by atoms with E-state index in [0.29, 0.717) is 25.6 Å². The van der Waals surface area contributed by atoms with Crippen molar-refractivity contribution in [3.8, 4) is 0 Å². The van der Waals surface area contributed by atoms with Crippen LogP contribution < -0.4 is 0 Å². The van der Waals surface area contributed by atoms with E-state index in [9.17, 15) is 4.79 Å². The van der Waals surface area contributed by atoms with Gasteiger partial charge in [-0.05, 0) is 19.8 Å². The molecule has 102 valence electrons. The summed E-state index contributed by atoms with van der Waals surface area (Å²) in [6.45, 7) is 10.1. The maximum atomic E-state index is 10.3. The average Bonchev–Trinajstić information content (AvgIpc) is 2.30. The quantitative estimate of drug-likeness (QED) is 0.296. The summed E-state index contributed by atoms with van der Waals surface area (Å²) in [5.41, 5.74) is -0.224. The van der Waals surface area contributed by atoms with Gasteiger partial charge in [0, 0.05) is 14.3 Å². The molecule has 0 bridgehead atoms. The van der Waals surface area contributed by atoms with Crippen molar-refractivity contribution in [2.45, 2.75) is 33.3 Å². The lowest BCUT2D eigenvalue weighted by molar-refractivity contribution is -0.135. The monoisotopic (exact) mass is 468 g/mol. The van der Waals surface area contributed by atoms with Crippen LogP contribution in [0.4, 0.5) is 0 Å². The van der Waals surface area contributed by atoms with E-state index in [2.05, 4.69) is 72.9 Å². The molecule has 0 atom stereocenters. The molecule has 0 aliphatic carbocycles.